The largest absolute Gasteiger partial charge is 0.493 e. The van der Waals surface area contributed by atoms with Crippen molar-refractivity contribution in [3.05, 3.63) is 71.3 Å². The van der Waals surface area contributed by atoms with E-state index in [1.54, 1.807) is 49.4 Å². The lowest BCUT2D eigenvalue weighted by Crippen LogP contribution is -2.27. The molecule has 0 saturated carbocycles. The van der Waals surface area contributed by atoms with Crippen LogP contribution in [0.5, 0.6) is 28.7 Å². The van der Waals surface area contributed by atoms with Crippen LogP contribution in [0.2, 0.25) is 0 Å². The summed E-state index contributed by atoms with van der Waals surface area (Å²) >= 11 is 0. The number of anilines is 1. The minimum Gasteiger partial charge on any atom is -0.493 e. The molecule has 3 rings (SSSR count). The number of carbonyl (C=O) groups is 3. The van der Waals surface area contributed by atoms with Crippen LogP contribution < -0.4 is 34.4 Å². The molecule has 0 aliphatic rings. The van der Waals surface area contributed by atoms with Crippen molar-refractivity contribution in [3.63, 3.8) is 0 Å². The third-order valence-electron chi connectivity index (χ3n) is 5.84. The SMILES string of the molecule is CCOc1cc(/C=N/NC(=O)c2ccc(NC(=O)C(C)(C)C)cc2)ccc1OC(=O)c1cc(OC)c(OC)c(OC)c1. The average Bonchev–Trinajstić information content (AvgIpc) is 2.97. The zero-order valence-electron chi connectivity index (χ0n) is 24.7. The third kappa shape index (κ3) is 8.00. The number of rotatable bonds is 11. The van der Waals surface area contributed by atoms with Crippen LogP contribution in [-0.4, -0.2) is 51.9 Å². The maximum Gasteiger partial charge on any atom is 0.343 e. The Bertz CT molecular complexity index is 1430. The molecule has 11 heteroatoms. The summed E-state index contributed by atoms with van der Waals surface area (Å²) in [4.78, 5) is 37.6. The van der Waals surface area contributed by atoms with Crippen molar-refractivity contribution in [2.24, 2.45) is 10.5 Å². The lowest BCUT2D eigenvalue weighted by Gasteiger charge is -2.17. The number of nitrogens with one attached hydrogen (secondary N) is 2. The summed E-state index contributed by atoms with van der Waals surface area (Å²) < 4.78 is 27.2. The van der Waals surface area contributed by atoms with Crippen molar-refractivity contribution >= 4 is 29.7 Å². The monoisotopic (exact) mass is 577 g/mol. The molecule has 42 heavy (non-hydrogen) atoms. The maximum absolute atomic E-state index is 13.0. The van der Waals surface area contributed by atoms with Gasteiger partial charge in [-0.3, -0.25) is 9.59 Å². The van der Waals surface area contributed by atoms with Gasteiger partial charge in [0, 0.05) is 16.7 Å². The van der Waals surface area contributed by atoms with Crippen molar-refractivity contribution in [3.8, 4) is 28.7 Å². The van der Waals surface area contributed by atoms with Gasteiger partial charge in [-0.2, -0.15) is 5.10 Å². The molecule has 0 aliphatic heterocycles. The van der Waals surface area contributed by atoms with Gasteiger partial charge in [-0.05, 0) is 67.1 Å². The Kier molecular flexibility index (Phi) is 10.5. The van der Waals surface area contributed by atoms with Gasteiger partial charge in [0.2, 0.25) is 11.7 Å². The van der Waals surface area contributed by atoms with Gasteiger partial charge in [0.25, 0.3) is 5.91 Å². The molecule has 2 amide bonds. The van der Waals surface area contributed by atoms with E-state index in [0.717, 1.165) is 0 Å². The van der Waals surface area contributed by atoms with E-state index in [9.17, 15) is 14.4 Å². The molecule has 2 N–H and O–H groups in total. The van der Waals surface area contributed by atoms with E-state index < -0.39 is 17.3 Å². The third-order valence-corrected chi connectivity index (χ3v) is 5.84. The summed E-state index contributed by atoms with van der Waals surface area (Å²) in [5.41, 5.74) is 3.66. The fourth-order valence-corrected chi connectivity index (χ4v) is 3.57. The molecule has 0 atom stereocenters. The van der Waals surface area contributed by atoms with Gasteiger partial charge in [0.15, 0.2) is 23.0 Å². The normalized spacial score (nSPS) is 11.0. The fraction of sp³-hybridized carbons (Fsp3) is 0.290. The second-order valence-corrected chi connectivity index (χ2v) is 9.92. The van der Waals surface area contributed by atoms with E-state index in [1.807, 2.05) is 20.8 Å². The lowest BCUT2D eigenvalue weighted by molar-refractivity contribution is -0.123. The Morgan fingerprint density at radius 1 is 0.810 bits per heavy atom. The van der Waals surface area contributed by atoms with Crippen LogP contribution in [0.25, 0.3) is 0 Å². The lowest BCUT2D eigenvalue weighted by atomic mass is 9.95. The quantitative estimate of drug-likeness (QED) is 0.140. The predicted molar refractivity (Wildman–Crippen MR) is 158 cm³/mol. The summed E-state index contributed by atoms with van der Waals surface area (Å²) in [5, 5.41) is 6.83. The number of carbonyl (C=O) groups excluding carboxylic acids is 3. The Labute approximate surface area is 244 Å². The summed E-state index contributed by atoms with van der Waals surface area (Å²) in [5.74, 6) is 0.253. The number of hydrogen-bond acceptors (Lipinski definition) is 9. The molecule has 0 heterocycles. The molecular formula is C31H35N3O8. The van der Waals surface area contributed by atoms with E-state index in [4.69, 9.17) is 23.7 Å². The highest BCUT2D eigenvalue weighted by Gasteiger charge is 2.22. The molecule has 0 fully saturated rings. The molecule has 0 saturated heterocycles. The first-order valence-corrected chi connectivity index (χ1v) is 13.0. The van der Waals surface area contributed by atoms with Gasteiger partial charge < -0.3 is 29.0 Å². The smallest absolute Gasteiger partial charge is 0.343 e. The van der Waals surface area contributed by atoms with Crippen molar-refractivity contribution in [1.82, 2.24) is 5.43 Å². The Morgan fingerprint density at radius 3 is 2.00 bits per heavy atom. The van der Waals surface area contributed by atoms with Crippen LogP contribution >= 0.6 is 0 Å². The van der Waals surface area contributed by atoms with Crippen molar-refractivity contribution in [1.29, 1.82) is 0 Å². The van der Waals surface area contributed by atoms with E-state index in [-0.39, 0.29) is 17.2 Å². The summed E-state index contributed by atoms with van der Waals surface area (Å²) in [6, 6.07) is 14.3. The van der Waals surface area contributed by atoms with Crippen LogP contribution in [0.3, 0.4) is 0 Å². The van der Waals surface area contributed by atoms with Crippen molar-refractivity contribution in [2.75, 3.05) is 33.3 Å². The van der Waals surface area contributed by atoms with Crippen LogP contribution in [-0.2, 0) is 4.79 Å². The van der Waals surface area contributed by atoms with Crippen LogP contribution in [0.1, 0.15) is 54.0 Å². The topological polar surface area (TPSA) is 134 Å². The Hall–Kier alpha value is -5.06. The fourth-order valence-electron chi connectivity index (χ4n) is 3.57. The second-order valence-electron chi connectivity index (χ2n) is 9.92. The predicted octanol–water partition coefficient (Wildman–Crippen LogP) is 5.08. The number of hydrogen-bond donors (Lipinski definition) is 2. The number of nitrogens with zero attached hydrogens (tertiary/aromatic N) is 1. The molecular weight excluding hydrogens is 542 g/mol. The number of methoxy groups -OCH3 is 3. The highest BCUT2D eigenvalue weighted by Crippen LogP contribution is 2.39. The van der Waals surface area contributed by atoms with Crippen LogP contribution in [0.4, 0.5) is 5.69 Å². The molecule has 3 aromatic rings. The first-order chi connectivity index (χ1) is 20.0. The van der Waals surface area contributed by atoms with E-state index in [0.29, 0.717) is 46.4 Å². The molecule has 222 valence electrons. The Balaban J connectivity index is 1.69. The number of amides is 2. The highest BCUT2D eigenvalue weighted by atomic mass is 16.6. The van der Waals surface area contributed by atoms with Crippen molar-refractivity contribution in [2.45, 2.75) is 27.7 Å². The molecule has 0 spiro atoms. The molecule has 0 aromatic heterocycles. The minimum atomic E-state index is -0.659. The van der Waals surface area contributed by atoms with Crippen molar-refractivity contribution < 1.29 is 38.1 Å². The first kappa shape index (κ1) is 31.5. The number of ether oxygens (including phenoxy) is 5. The highest BCUT2D eigenvalue weighted by molar-refractivity contribution is 5.97. The molecule has 11 nitrogen and oxygen atoms in total. The maximum atomic E-state index is 13.0. The number of esters is 1. The molecule has 0 aliphatic carbocycles. The summed E-state index contributed by atoms with van der Waals surface area (Å²) in [7, 11) is 4.37. The van der Waals surface area contributed by atoms with Gasteiger partial charge in [-0.15, -0.1) is 0 Å². The molecule has 0 radical (unpaired) electrons. The average molecular weight is 578 g/mol. The zero-order chi connectivity index (χ0) is 30.9. The zero-order valence-corrected chi connectivity index (χ0v) is 24.7. The second kappa shape index (κ2) is 14.0. The van der Waals surface area contributed by atoms with Gasteiger partial charge in [-0.25, -0.2) is 10.2 Å². The van der Waals surface area contributed by atoms with Gasteiger partial charge in [-0.1, -0.05) is 20.8 Å². The van der Waals surface area contributed by atoms with E-state index in [1.165, 1.54) is 39.7 Å². The number of benzene rings is 3. The van der Waals surface area contributed by atoms with Gasteiger partial charge in [0.05, 0.1) is 39.7 Å². The van der Waals surface area contributed by atoms with E-state index >= 15 is 0 Å². The van der Waals surface area contributed by atoms with E-state index in [2.05, 4.69) is 15.8 Å². The molecule has 0 bridgehead atoms. The standard InChI is InChI=1S/C31H35N3O8/c1-8-41-24-15-19(18-32-34-28(35)20-10-12-22(13-11-20)33-30(37)31(2,3)4)9-14-23(24)42-29(36)21-16-25(38-5)27(40-7)26(17-21)39-6/h9-18H,8H2,1-7H3,(H,33,37)(H,34,35)/b32-18+. The van der Waals surface area contributed by atoms with Gasteiger partial charge in [0.1, 0.15) is 0 Å². The minimum absolute atomic E-state index is 0.127. The summed E-state index contributed by atoms with van der Waals surface area (Å²) in [6.45, 7) is 7.57. The Morgan fingerprint density at radius 2 is 1.45 bits per heavy atom. The molecule has 3 aromatic carbocycles. The number of hydrazone groups is 1. The van der Waals surface area contributed by atoms with Crippen LogP contribution in [0.15, 0.2) is 59.7 Å². The van der Waals surface area contributed by atoms with Gasteiger partial charge >= 0.3 is 5.97 Å². The van der Waals surface area contributed by atoms with Crippen LogP contribution in [0, 0.1) is 5.41 Å². The molecule has 0 unspecified atom stereocenters. The summed E-state index contributed by atoms with van der Waals surface area (Å²) in [6.07, 6.45) is 1.43. The first-order valence-electron chi connectivity index (χ1n) is 13.0.